The van der Waals surface area contributed by atoms with Crippen LogP contribution in [0.4, 0.5) is 11.4 Å². The van der Waals surface area contributed by atoms with Gasteiger partial charge in [0.05, 0.1) is 11.4 Å². The predicted octanol–water partition coefficient (Wildman–Crippen LogP) is 4.19. The molecule has 0 radical (unpaired) electrons. The first kappa shape index (κ1) is 16.6. The Morgan fingerprint density at radius 3 is 2.42 bits per heavy atom. The number of benzene rings is 2. The largest absolute Gasteiger partial charge is 0.366 e. The van der Waals surface area contributed by atoms with Crippen molar-refractivity contribution in [1.82, 2.24) is 0 Å². The van der Waals surface area contributed by atoms with Gasteiger partial charge >= 0.3 is 0 Å². The lowest BCUT2D eigenvalue weighted by molar-refractivity contribution is -0.118. The number of carbonyl (C=O) groups excluding carboxylic acids is 1. The van der Waals surface area contributed by atoms with Crippen LogP contribution in [-0.4, -0.2) is 25.0 Å². The summed E-state index contributed by atoms with van der Waals surface area (Å²) in [7, 11) is 0. The summed E-state index contributed by atoms with van der Waals surface area (Å²) in [6.45, 7) is 8.17. The molecule has 2 aromatic carbocycles. The lowest BCUT2D eigenvalue weighted by atomic mass is 10.0. The second-order valence-corrected chi connectivity index (χ2v) is 6.61. The van der Waals surface area contributed by atoms with E-state index >= 15 is 0 Å². The fourth-order valence-electron chi connectivity index (χ4n) is 3.49. The number of fused-ring (bicyclic) bond motifs is 1. The maximum Gasteiger partial charge on any atom is 0.227 e. The molecule has 126 valence electrons. The molecule has 1 amide bonds. The monoisotopic (exact) mass is 322 g/mol. The molecule has 0 saturated heterocycles. The summed E-state index contributed by atoms with van der Waals surface area (Å²) in [4.78, 5) is 17.2. The summed E-state index contributed by atoms with van der Waals surface area (Å²) >= 11 is 0. The number of carbonyl (C=O) groups is 1. The van der Waals surface area contributed by atoms with E-state index < -0.39 is 0 Å². The van der Waals surface area contributed by atoms with Crippen molar-refractivity contribution < 1.29 is 4.79 Å². The zero-order valence-corrected chi connectivity index (χ0v) is 14.8. The average Bonchev–Trinajstić information content (AvgIpc) is 2.60. The highest BCUT2D eigenvalue weighted by Crippen LogP contribution is 2.35. The fraction of sp³-hybridized carbons (Fsp3) is 0.381. The molecule has 1 atom stereocenters. The van der Waals surface area contributed by atoms with Gasteiger partial charge in [0.1, 0.15) is 0 Å². The molecule has 0 N–H and O–H groups in total. The van der Waals surface area contributed by atoms with E-state index in [0.29, 0.717) is 12.5 Å². The first-order valence-electron chi connectivity index (χ1n) is 8.81. The molecule has 0 aromatic heterocycles. The second-order valence-electron chi connectivity index (χ2n) is 6.61. The highest BCUT2D eigenvalue weighted by Gasteiger charge is 2.29. The van der Waals surface area contributed by atoms with Gasteiger partial charge in [0.25, 0.3) is 0 Å². The van der Waals surface area contributed by atoms with Gasteiger partial charge in [-0.05, 0) is 44.9 Å². The first-order chi connectivity index (χ1) is 11.6. The number of hydrogen-bond acceptors (Lipinski definition) is 2. The zero-order chi connectivity index (χ0) is 17.1. The molecular weight excluding hydrogens is 296 g/mol. The highest BCUT2D eigenvalue weighted by atomic mass is 16.2. The summed E-state index contributed by atoms with van der Waals surface area (Å²) in [5.74, 6) is 0.214. The molecule has 1 aliphatic heterocycles. The standard InChI is InChI=1S/C21H26N2O/c1-4-22-17(3)15-23(20-8-6-5-7-19(20)22)21(24)14-13-18-11-9-16(2)10-12-18/h5-12,17H,4,13-15H2,1-3H3. The number of nitrogens with zero attached hydrogens (tertiary/aromatic N) is 2. The van der Waals surface area contributed by atoms with E-state index in [9.17, 15) is 4.79 Å². The smallest absolute Gasteiger partial charge is 0.227 e. The molecule has 3 nitrogen and oxygen atoms in total. The van der Waals surface area contributed by atoms with Crippen molar-refractivity contribution in [3.05, 3.63) is 59.7 Å². The molecule has 3 heteroatoms. The number of para-hydroxylation sites is 2. The number of rotatable bonds is 4. The van der Waals surface area contributed by atoms with Gasteiger partial charge < -0.3 is 9.80 Å². The Kier molecular flexibility index (Phi) is 4.89. The van der Waals surface area contributed by atoms with Crippen LogP contribution in [0.2, 0.25) is 0 Å². The van der Waals surface area contributed by atoms with Gasteiger partial charge in [0, 0.05) is 25.6 Å². The number of amides is 1. The minimum atomic E-state index is 0.214. The van der Waals surface area contributed by atoms with Gasteiger partial charge in [-0.2, -0.15) is 0 Å². The summed E-state index contributed by atoms with van der Waals surface area (Å²) in [5, 5.41) is 0. The third-order valence-corrected chi connectivity index (χ3v) is 4.85. The van der Waals surface area contributed by atoms with E-state index in [1.165, 1.54) is 16.8 Å². The van der Waals surface area contributed by atoms with Crippen molar-refractivity contribution in [2.75, 3.05) is 22.9 Å². The zero-order valence-electron chi connectivity index (χ0n) is 14.8. The number of likely N-dealkylation sites (N-methyl/N-ethyl adjacent to an activating group) is 1. The molecular formula is C21H26N2O. The Bertz CT molecular complexity index is 708. The van der Waals surface area contributed by atoms with Gasteiger partial charge in [-0.3, -0.25) is 4.79 Å². The summed E-state index contributed by atoms with van der Waals surface area (Å²) in [6.07, 6.45) is 1.35. The van der Waals surface area contributed by atoms with Crippen LogP contribution in [0.15, 0.2) is 48.5 Å². The molecule has 1 aliphatic rings. The fourth-order valence-corrected chi connectivity index (χ4v) is 3.49. The van der Waals surface area contributed by atoms with Crippen molar-refractivity contribution in [2.45, 2.75) is 39.7 Å². The molecule has 0 spiro atoms. The lowest BCUT2D eigenvalue weighted by Crippen LogP contribution is -2.49. The molecule has 0 fully saturated rings. The molecule has 1 unspecified atom stereocenters. The number of hydrogen-bond donors (Lipinski definition) is 0. The number of anilines is 2. The van der Waals surface area contributed by atoms with Crippen molar-refractivity contribution >= 4 is 17.3 Å². The van der Waals surface area contributed by atoms with Crippen LogP contribution >= 0.6 is 0 Å². The lowest BCUT2D eigenvalue weighted by Gasteiger charge is -2.42. The van der Waals surface area contributed by atoms with Crippen LogP contribution in [0.25, 0.3) is 0 Å². The third-order valence-electron chi connectivity index (χ3n) is 4.85. The van der Waals surface area contributed by atoms with Crippen molar-refractivity contribution in [2.24, 2.45) is 0 Å². The van der Waals surface area contributed by atoms with Crippen molar-refractivity contribution in [3.8, 4) is 0 Å². The van der Waals surface area contributed by atoms with Crippen LogP contribution in [0.3, 0.4) is 0 Å². The SMILES string of the molecule is CCN1c2ccccc2N(C(=O)CCc2ccc(C)cc2)CC1C. The van der Waals surface area contributed by atoms with Crippen LogP contribution in [-0.2, 0) is 11.2 Å². The Labute approximate surface area is 144 Å². The topological polar surface area (TPSA) is 23.6 Å². The molecule has 0 aliphatic carbocycles. The molecule has 0 saturated carbocycles. The maximum atomic E-state index is 12.8. The average molecular weight is 322 g/mol. The van der Waals surface area contributed by atoms with Crippen LogP contribution in [0.1, 0.15) is 31.4 Å². The van der Waals surface area contributed by atoms with Gasteiger partial charge in [0.2, 0.25) is 5.91 Å². The second kappa shape index (κ2) is 7.08. The number of aryl methyl sites for hydroxylation is 2. The quantitative estimate of drug-likeness (QED) is 0.842. The van der Waals surface area contributed by atoms with Gasteiger partial charge in [-0.25, -0.2) is 0 Å². The van der Waals surface area contributed by atoms with Crippen molar-refractivity contribution in [3.63, 3.8) is 0 Å². The Hall–Kier alpha value is -2.29. The molecule has 2 aromatic rings. The van der Waals surface area contributed by atoms with Gasteiger partial charge in [-0.15, -0.1) is 0 Å². The summed E-state index contributed by atoms with van der Waals surface area (Å²) < 4.78 is 0. The van der Waals surface area contributed by atoms with E-state index in [2.05, 4.69) is 68.1 Å². The molecule has 3 rings (SSSR count). The van der Waals surface area contributed by atoms with E-state index in [0.717, 1.165) is 25.2 Å². The molecule has 1 heterocycles. The minimum Gasteiger partial charge on any atom is -0.366 e. The normalized spacial score (nSPS) is 16.9. The van der Waals surface area contributed by atoms with E-state index in [4.69, 9.17) is 0 Å². The first-order valence-corrected chi connectivity index (χ1v) is 8.81. The summed E-state index contributed by atoms with van der Waals surface area (Å²) in [6, 6.07) is 17.0. The van der Waals surface area contributed by atoms with Crippen LogP contribution < -0.4 is 9.80 Å². The minimum absolute atomic E-state index is 0.214. The van der Waals surface area contributed by atoms with Crippen LogP contribution in [0, 0.1) is 6.92 Å². The van der Waals surface area contributed by atoms with Crippen LogP contribution in [0.5, 0.6) is 0 Å². The summed E-state index contributed by atoms with van der Waals surface area (Å²) in [5.41, 5.74) is 4.69. The Balaban J connectivity index is 1.76. The predicted molar refractivity (Wildman–Crippen MR) is 101 cm³/mol. The molecule has 24 heavy (non-hydrogen) atoms. The van der Waals surface area contributed by atoms with E-state index in [-0.39, 0.29) is 5.91 Å². The van der Waals surface area contributed by atoms with Gasteiger partial charge in [0.15, 0.2) is 0 Å². The third kappa shape index (κ3) is 3.30. The Morgan fingerprint density at radius 2 is 1.75 bits per heavy atom. The van der Waals surface area contributed by atoms with Crippen molar-refractivity contribution in [1.29, 1.82) is 0 Å². The van der Waals surface area contributed by atoms with E-state index in [1.807, 2.05) is 11.0 Å². The molecule has 0 bridgehead atoms. The Morgan fingerprint density at radius 1 is 1.08 bits per heavy atom. The van der Waals surface area contributed by atoms with Gasteiger partial charge in [-0.1, -0.05) is 42.0 Å². The maximum absolute atomic E-state index is 12.8. The highest BCUT2D eigenvalue weighted by molar-refractivity contribution is 5.98. The van der Waals surface area contributed by atoms with E-state index in [1.54, 1.807) is 0 Å².